The number of nitrogens with one attached hydrogen (secondary N) is 1. The van der Waals surface area contributed by atoms with Crippen LogP contribution in [0.4, 0.5) is 0 Å². The fraction of sp³-hybridized carbons (Fsp3) is 0.885. The van der Waals surface area contributed by atoms with E-state index < -0.39 is 18.2 Å². The standard InChI is InChI=1S/C61H117NO4/c1-3-5-7-9-11-13-15-17-19-21-23-25-26-27-28-29-30-31-32-33-34-35-36-38-40-42-44-46-48-50-52-54-56-60(65)62-58(57-63)61(66)59(64)55-53-51-49-47-45-43-41-39-37-24-22-20-18-16-14-12-10-8-6-4-2/h27-28,39,41,47,49,58-59,61,63-64,66H,3-26,29-38,40,42-46,48,50-57H2,1-2H3,(H,62,65)/b28-27-,41-39+,49-47+. The van der Waals surface area contributed by atoms with E-state index in [0.717, 1.165) is 44.9 Å². The molecule has 0 aromatic heterocycles. The molecule has 3 atom stereocenters. The molecule has 5 heteroatoms. The molecule has 0 heterocycles. The molecule has 0 spiro atoms. The maximum atomic E-state index is 12.5. The molecule has 0 aliphatic heterocycles. The summed E-state index contributed by atoms with van der Waals surface area (Å²) in [4.78, 5) is 12.5. The van der Waals surface area contributed by atoms with E-state index in [1.807, 2.05) is 0 Å². The van der Waals surface area contributed by atoms with Crippen LogP contribution in [0.15, 0.2) is 36.5 Å². The Morgan fingerprint density at radius 1 is 0.364 bits per heavy atom. The Kier molecular flexibility index (Phi) is 54.9. The molecule has 0 saturated carbocycles. The van der Waals surface area contributed by atoms with Crippen LogP contribution in [0.2, 0.25) is 0 Å². The van der Waals surface area contributed by atoms with Gasteiger partial charge in [-0.25, -0.2) is 0 Å². The predicted octanol–water partition coefficient (Wildman–Crippen LogP) is 18.6. The van der Waals surface area contributed by atoms with Crippen molar-refractivity contribution in [2.75, 3.05) is 6.61 Å². The summed E-state index contributed by atoms with van der Waals surface area (Å²) in [6, 6.07) is -0.832. The lowest BCUT2D eigenvalue weighted by Crippen LogP contribution is -2.50. The summed E-state index contributed by atoms with van der Waals surface area (Å²) < 4.78 is 0. The van der Waals surface area contributed by atoms with Crippen molar-refractivity contribution in [1.82, 2.24) is 5.32 Å². The van der Waals surface area contributed by atoms with Gasteiger partial charge in [-0.15, -0.1) is 0 Å². The minimum absolute atomic E-state index is 0.154. The van der Waals surface area contributed by atoms with Crippen molar-refractivity contribution in [3.63, 3.8) is 0 Å². The van der Waals surface area contributed by atoms with Crippen LogP contribution in [0.1, 0.15) is 322 Å². The number of rotatable bonds is 55. The summed E-state index contributed by atoms with van der Waals surface area (Å²) in [5.74, 6) is -0.154. The number of aliphatic hydroxyl groups is 3. The number of carbonyl (C=O) groups excluding carboxylic acids is 1. The zero-order valence-electron chi connectivity index (χ0n) is 44.6. The van der Waals surface area contributed by atoms with E-state index in [9.17, 15) is 20.1 Å². The summed E-state index contributed by atoms with van der Waals surface area (Å²) in [5, 5.41) is 33.7. The molecule has 0 fully saturated rings. The van der Waals surface area contributed by atoms with Gasteiger partial charge in [0.2, 0.25) is 5.91 Å². The number of hydrogen-bond acceptors (Lipinski definition) is 4. The number of hydrogen-bond donors (Lipinski definition) is 4. The molecule has 0 aromatic carbocycles. The molecule has 4 N–H and O–H groups in total. The van der Waals surface area contributed by atoms with Crippen molar-refractivity contribution in [2.45, 2.75) is 340 Å². The molecular formula is C61H117NO4. The van der Waals surface area contributed by atoms with Crippen molar-refractivity contribution in [3.8, 4) is 0 Å². The van der Waals surface area contributed by atoms with Gasteiger partial charge in [0.15, 0.2) is 0 Å². The molecule has 1 amide bonds. The van der Waals surface area contributed by atoms with Crippen molar-refractivity contribution in [2.24, 2.45) is 0 Å². The monoisotopic (exact) mass is 928 g/mol. The number of allylic oxidation sites excluding steroid dienone is 6. The van der Waals surface area contributed by atoms with Crippen LogP contribution >= 0.6 is 0 Å². The van der Waals surface area contributed by atoms with Gasteiger partial charge in [0.25, 0.3) is 0 Å². The van der Waals surface area contributed by atoms with Crippen LogP contribution in [0.3, 0.4) is 0 Å². The third kappa shape index (κ3) is 50.4. The first-order chi connectivity index (χ1) is 32.6. The molecule has 0 aliphatic rings. The lowest BCUT2D eigenvalue weighted by Gasteiger charge is -2.26. The van der Waals surface area contributed by atoms with E-state index in [0.29, 0.717) is 12.8 Å². The van der Waals surface area contributed by atoms with Crippen LogP contribution in [-0.2, 0) is 4.79 Å². The average molecular weight is 929 g/mol. The van der Waals surface area contributed by atoms with Crippen molar-refractivity contribution in [1.29, 1.82) is 0 Å². The first-order valence-electron chi connectivity index (χ1n) is 29.8. The Hall–Kier alpha value is -1.43. The third-order valence-corrected chi connectivity index (χ3v) is 13.9. The van der Waals surface area contributed by atoms with Gasteiger partial charge < -0.3 is 20.6 Å². The molecule has 0 aliphatic carbocycles. The first kappa shape index (κ1) is 64.6. The van der Waals surface area contributed by atoms with Crippen LogP contribution < -0.4 is 5.32 Å². The lowest BCUT2D eigenvalue weighted by atomic mass is 10.0. The number of unbranched alkanes of at least 4 members (excludes halogenated alkanes) is 41. The van der Waals surface area contributed by atoms with Gasteiger partial charge in [0.1, 0.15) is 6.10 Å². The molecule has 390 valence electrons. The average Bonchev–Trinajstić information content (AvgIpc) is 3.32. The topological polar surface area (TPSA) is 89.8 Å². The highest BCUT2D eigenvalue weighted by atomic mass is 16.3. The van der Waals surface area contributed by atoms with E-state index in [-0.39, 0.29) is 12.5 Å². The van der Waals surface area contributed by atoms with Gasteiger partial charge in [-0.2, -0.15) is 0 Å². The van der Waals surface area contributed by atoms with E-state index in [2.05, 4.69) is 55.6 Å². The zero-order chi connectivity index (χ0) is 47.9. The normalized spacial score (nSPS) is 13.5. The molecule has 5 nitrogen and oxygen atoms in total. The largest absolute Gasteiger partial charge is 0.394 e. The van der Waals surface area contributed by atoms with Gasteiger partial charge in [-0.1, -0.05) is 275 Å². The lowest BCUT2D eigenvalue weighted by molar-refractivity contribution is -0.124. The first-order valence-corrected chi connectivity index (χ1v) is 29.8. The minimum atomic E-state index is -1.17. The Balaban J connectivity index is 3.54. The molecule has 3 unspecified atom stereocenters. The SMILES string of the molecule is CCCCCCCCCCCCC/C=C/CC/C=C/CCCC(O)C(O)C(CO)NC(=O)CCCCCCCCCCCCCCCCCC/C=C\CCCCCCCCCCCCCC. The van der Waals surface area contributed by atoms with Gasteiger partial charge in [-0.3, -0.25) is 4.79 Å². The van der Waals surface area contributed by atoms with E-state index in [1.165, 1.54) is 250 Å². The fourth-order valence-electron chi connectivity index (χ4n) is 9.35. The van der Waals surface area contributed by atoms with Gasteiger partial charge >= 0.3 is 0 Å². The van der Waals surface area contributed by atoms with Crippen molar-refractivity contribution in [3.05, 3.63) is 36.5 Å². The maximum absolute atomic E-state index is 12.5. The summed E-state index contributed by atoms with van der Waals surface area (Å²) in [6.07, 6.45) is 73.2. The van der Waals surface area contributed by atoms with E-state index >= 15 is 0 Å². The minimum Gasteiger partial charge on any atom is -0.394 e. The highest BCUT2D eigenvalue weighted by Gasteiger charge is 2.26. The molecule has 0 radical (unpaired) electrons. The Morgan fingerprint density at radius 2 is 0.621 bits per heavy atom. The number of amides is 1. The van der Waals surface area contributed by atoms with Crippen LogP contribution in [0, 0.1) is 0 Å². The summed E-state index contributed by atoms with van der Waals surface area (Å²) >= 11 is 0. The summed E-state index contributed by atoms with van der Waals surface area (Å²) in [6.45, 7) is 4.20. The second-order valence-electron chi connectivity index (χ2n) is 20.5. The smallest absolute Gasteiger partial charge is 0.220 e. The summed E-state index contributed by atoms with van der Waals surface area (Å²) in [7, 11) is 0. The maximum Gasteiger partial charge on any atom is 0.220 e. The Labute approximate surface area is 413 Å². The molecular weight excluding hydrogens is 811 g/mol. The summed E-state index contributed by atoms with van der Waals surface area (Å²) in [5.41, 5.74) is 0. The van der Waals surface area contributed by atoms with Gasteiger partial charge in [0.05, 0.1) is 18.8 Å². The van der Waals surface area contributed by atoms with Crippen molar-refractivity contribution < 1.29 is 20.1 Å². The van der Waals surface area contributed by atoms with E-state index in [1.54, 1.807) is 0 Å². The molecule has 0 bridgehead atoms. The zero-order valence-corrected chi connectivity index (χ0v) is 44.6. The Bertz CT molecular complexity index is 1020. The highest BCUT2D eigenvalue weighted by molar-refractivity contribution is 5.76. The van der Waals surface area contributed by atoms with Crippen LogP contribution in [0.25, 0.3) is 0 Å². The van der Waals surface area contributed by atoms with Crippen LogP contribution in [-0.4, -0.2) is 46.1 Å². The van der Waals surface area contributed by atoms with Crippen molar-refractivity contribution >= 4 is 5.91 Å². The molecule has 0 saturated heterocycles. The van der Waals surface area contributed by atoms with Crippen LogP contribution in [0.5, 0.6) is 0 Å². The molecule has 0 aromatic rings. The van der Waals surface area contributed by atoms with E-state index in [4.69, 9.17) is 0 Å². The molecule has 66 heavy (non-hydrogen) atoms. The number of aliphatic hydroxyl groups excluding tert-OH is 3. The molecule has 0 rings (SSSR count). The predicted molar refractivity (Wildman–Crippen MR) is 291 cm³/mol. The fourth-order valence-corrected chi connectivity index (χ4v) is 9.35. The highest BCUT2D eigenvalue weighted by Crippen LogP contribution is 2.17. The second kappa shape index (κ2) is 56.2. The van der Waals surface area contributed by atoms with Gasteiger partial charge in [-0.05, 0) is 77.0 Å². The Morgan fingerprint density at radius 3 is 0.924 bits per heavy atom. The number of carbonyl (C=O) groups is 1. The third-order valence-electron chi connectivity index (χ3n) is 13.9. The quantitative estimate of drug-likeness (QED) is 0.0361. The van der Waals surface area contributed by atoms with Gasteiger partial charge in [0, 0.05) is 6.42 Å². The second-order valence-corrected chi connectivity index (χ2v) is 20.5.